The molecule has 1 aromatic heterocycles. The Bertz CT molecular complexity index is 907. The van der Waals surface area contributed by atoms with E-state index < -0.39 is 5.91 Å². The summed E-state index contributed by atoms with van der Waals surface area (Å²) in [6.45, 7) is 0. The SMILES string of the molecule is O=C(Nc1nnc(-c2cc(Cl)cc(Cl)c2)o1)c1ccc(Cl)cc1Cl. The monoisotopic (exact) mass is 401 g/mol. The third-order valence-corrected chi connectivity index (χ3v) is 3.91. The predicted octanol–water partition coefficient (Wildman–Crippen LogP) is 5.60. The summed E-state index contributed by atoms with van der Waals surface area (Å²) < 4.78 is 5.39. The second kappa shape index (κ2) is 6.99. The molecule has 9 heteroatoms. The average molecular weight is 403 g/mol. The van der Waals surface area contributed by atoms with E-state index in [4.69, 9.17) is 50.8 Å². The van der Waals surface area contributed by atoms with Gasteiger partial charge in [-0.3, -0.25) is 10.1 Å². The van der Waals surface area contributed by atoms with Crippen LogP contribution < -0.4 is 5.32 Å². The highest BCUT2D eigenvalue weighted by molar-refractivity contribution is 6.37. The van der Waals surface area contributed by atoms with Crippen molar-refractivity contribution in [2.45, 2.75) is 0 Å². The molecule has 3 rings (SSSR count). The molecule has 1 heterocycles. The van der Waals surface area contributed by atoms with Crippen LogP contribution in [0.5, 0.6) is 0 Å². The van der Waals surface area contributed by atoms with Gasteiger partial charge in [-0.25, -0.2) is 0 Å². The first-order chi connectivity index (χ1) is 11.4. The van der Waals surface area contributed by atoms with Gasteiger partial charge in [0.25, 0.3) is 5.91 Å². The minimum absolute atomic E-state index is 0.0860. The van der Waals surface area contributed by atoms with Crippen molar-refractivity contribution >= 4 is 58.3 Å². The summed E-state index contributed by atoms with van der Waals surface area (Å²) in [5, 5.41) is 11.6. The van der Waals surface area contributed by atoms with Crippen LogP contribution in [0, 0.1) is 0 Å². The number of aromatic nitrogens is 2. The van der Waals surface area contributed by atoms with Gasteiger partial charge in [0.2, 0.25) is 5.89 Å². The zero-order valence-electron chi connectivity index (χ0n) is 11.7. The largest absolute Gasteiger partial charge is 0.403 e. The first-order valence-corrected chi connectivity index (χ1v) is 8.00. The second-order valence-corrected chi connectivity index (χ2v) is 6.37. The van der Waals surface area contributed by atoms with E-state index in [0.717, 1.165) is 0 Å². The standard InChI is InChI=1S/C15H7Cl4N3O2/c16-8-1-2-11(12(19)6-8)13(23)20-15-22-21-14(24-15)7-3-9(17)5-10(18)4-7/h1-6H,(H,20,22,23). The Kier molecular flexibility index (Phi) is 4.96. The lowest BCUT2D eigenvalue weighted by Gasteiger charge is -2.03. The smallest absolute Gasteiger partial charge is 0.322 e. The number of rotatable bonds is 3. The van der Waals surface area contributed by atoms with Crippen LogP contribution in [0.15, 0.2) is 40.8 Å². The van der Waals surface area contributed by atoms with Crippen molar-refractivity contribution in [3.63, 3.8) is 0 Å². The number of hydrogen-bond acceptors (Lipinski definition) is 4. The molecular formula is C15H7Cl4N3O2. The van der Waals surface area contributed by atoms with E-state index in [0.29, 0.717) is 20.6 Å². The number of hydrogen-bond donors (Lipinski definition) is 1. The number of nitrogens with one attached hydrogen (secondary N) is 1. The number of benzene rings is 2. The van der Waals surface area contributed by atoms with Gasteiger partial charge in [-0.15, -0.1) is 5.10 Å². The van der Waals surface area contributed by atoms with Gasteiger partial charge in [0.15, 0.2) is 0 Å². The predicted molar refractivity (Wildman–Crippen MR) is 94.2 cm³/mol. The molecule has 122 valence electrons. The normalized spacial score (nSPS) is 10.7. The molecule has 1 amide bonds. The minimum atomic E-state index is -0.504. The van der Waals surface area contributed by atoms with Crippen molar-refractivity contribution in [3.05, 3.63) is 62.1 Å². The molecule has 0 aliphatic heterocycles. The summed E-state index contributed by atoms with van der Waals surface area (Å²) in [7, 11) is 0. The van der Waals surface area contributed by atoms with Gasteiger partial charge >= 0.3 is 6.01 Å². The quantitative estimate of drug-likeness (QED) is 0.618. The molecule has 0 fully saturated rings. The first kappa shape index (κ1) is 17.0. The maximum absolute atomic E-state index is 12.2. The zero-order chi connectivity index (χ0) is 17.3. The minimum Gasteiger partial charge on any atom is -0.403 e. The zero-order valence-corrected chi connectivity index (χ0v) is 14.7. The van der Waals surface area contributed by atoms with E-state index in [9.17, 15) is 4.79 Å². The number of halogens is 4. The van der Waals surface area contributed by atoms with Crippen LogP contribution in [0.2, 0.25) is 20.1 Å². The highest BCUT2D eigenvalue weighted by Gasteiger charge is 2.16. The third-order valence-electron chi connectivity index (χ3n) is 2.93. The lowest BCUT2D eigenvalue weighted by molar-refractivity contribution is 0.102. The van der Waals surface area contributed by atoms with Gasteiger partial charge in [-0.05, 0) is 36.4 Å². The number of anilines is 1. The highest BCUT2D eigenvalue weighted by Crippen LogP contribution is 2.27. The van der Waals surface area contributed by atoms with Gasteiger partial charge in [0, 0.05) is 20.6 Å². The molecule has 0 unspecified atom stereocenters. The molecule has 0 atom stereocenters. The molecular weight excluding hydrogens is 396 g/mol. The average Bonchev–Trinajstić information content (AvgIpc) is 2.94. The molecule has 0 radical (unpaired) electrons. The van der Waals surface area contributed by atoms with Gasteiger partial charge < -0.3 is 4.42 Å². The Morgan fingerprint density at radius 2 is 1.62 bits per heavy atom. The molecule has 5 nitrogen and oxygen atoms in total. The first-order valence-electron chi connectivity index (χ1n) is 6.49. The fraction of sp³-hybridized carbons (Fsp3) is 0. The van der Waals surface area contributed by atoms with Crippen LogP contribution in [0.25, 0.3) is 11.5 Å². The van der Waals surface area contributed by atoms with Crippen molar-refractivity contribution in [2.75, 3.05) is 5.32 Å². The maximum atomic E-state index is 12.2. The molecule has 3 aromatic rings. The summed E-state index contributed by atoms with van der Waals surface area (Å²) in [5.74, 6) is -0.340. The number of amides is 1. The lowest BCUT2D eigenvalue weighted by atomic mass is 10.2. The van der Waals surface area contributed by atoms with Crippen LogP contribution in [0.3, 0.4) is 0 Å². The summed E-state index contributed by atoms with van der Waals surface area (Å²) >= 11 is 23.6. The van der Waals surface area contributed by atoms with Crippen molar-refractivity contribution < 1.29 is 9.21 Å². The Balaban J connectivity index is 1.82. The van der Waals surface area contributed by atoms with E-state index in [1.165, 1.54) is 12.1 Å². The van der Waals surface area contributed by atoms with E-state index in [1.54, 1.807) is 24.3 Å². The Hall–Kier alpha value is -1.79. The van der Waals surface area contributed by atoms with E-state index in [1.807, 2.05) is 0 Å². The Labute approximate surface area is 156 Å². The summed E-state index contributed by atoms with van der Waals surface area (Å²) in [4.78, 5) is 12.2. The van der Waals surface area contributed by atoms with Crippen molar-refractivity contribution in [1.82, 2.24) is 10.2 Å². The molecule has 0 bridgehead atoms. The number of carbonyl (C=O) groups excluding carboxylic acids is 1. The Morgan fingerprint density at radius 1 is 0.917 bits per heavy atom. The summed E-state index contributed by atoms with van der Waals surface area (Å²) in [6.07, 6.45) is 0. The number of carbonyl (C=O) groups is 1. The van der Waals surface area contributed by atoms with Crippen molar-refractivity contribution in [2.24, 2.45) is 0 Å². The maximum Gasteiger partial charge on any atom is 0.322 e. The lowest BCUT2D eigenvalue weighted by Crippen LogP contribution is -2.12. The van der Waals surface area contributed by atoms with Crippen LogP contribution in [-0.4, -0.2) is 16.1 Å². The number of nitrogens with zero attached hydrogens (tertiary/aromatic N) is 2. The molecule has 0 aliphatic rings. The van der Waals surface area contributed by atoms with Crippen LogP contribution >= 0.6 is 46.4 Å². The van der Waals surface area contributed by atoms with Gasteiger partial charge in [0.05, 0.1) is 10.6 Å². The van der Waals surface area contributed by atoms with Crippen LogP contribution in [0.1, 0.15) is 10.4 Å². The van der Waals surface area contributed by atoms with E-state index in [-0.39, 0.29) is 22.5 Å². The molecule has 2 aromatic carbocycles. The summed E-state index contributed by atoms with van der Waals surface area (Å²) in [5.41, 5.74) is 0.761. The van der Waals surface area contributed by atoms with Crippen molar-refractivity contribution in [1.29, 1.82) is 0 Å². The van der Waals surface area contributed by atoms with E-state index in [2.05, 4.69) is 15.5 Å². The second-order valence-electron chi connectivity index (χ2n) is 4.65. The van der Waals surface area contributed by atoms with Gasteiger partial charge in [-0.2, -0.15) is 0 Å². The molecule has 0 aliphatic carbocycles. The van der Waals surface area contributed by atoms with Crippen molar-refractivity contribution in [3.8, 4) is 11.5 Å². The highest BCUT2D eigenvalue weighted by atomic mass is 35.5. The van der Waals surface area contributed by atoms with E-state index >= 15 is 0 Å². The molecule has 0 spiro atoms. The molecule has 24 heavy (non-hydrogen) atoms. The molecule has 0 saturated heterocycles. The fourth-order valence-corrected chi connectivity index (χ4v) is 2.93. The third kappa shape index (κ3) is 3.82. The topological polar surface area (TPSA) is 68.0 Å². The molecule has 0 saturated carbocycles. The molecule has 1 N–H and O–H groups in total. The Morgan fingerprint density at radius 3 is 2.29 bits per heavy atom. The van der Waals surface area contributed by atoms with Gasteiger partial charge in [-0.1, -0.05) is 51.5 Å². The van der Waals surface area contributed by atoms with Crippen LogP contribution in [0.4, 0.5) is 6.01 Å². The summed E-state index contributed by atoms with van der Waals surface area (Å²) in [6, 6.07) is 9.23. The van der Waals surface area contributed by atoms with Crippen LogP contribution in [-0.2, 0) is 0 Å². The fourth-order valence-electron chi connectivity index (χ4n) is 1.91. The van der Waals surface area contributed by atoms with Gasteiger partial charge in [0.1, 0.15) is 0 Å².